The van der Waals surface area contributed by atoms with Gasteiger partial charge in [0, 0.05) is 13.1 Å². The molecule has 0 saturated carbocycles. The molecule has 0 radical (unpaired) electrons. The quantitative estimate of drug-likeness (QED) is 0.800. The van der Waals surface area contributed by atoms with Crippen LogP contribution >= 0.6 is 11.3 Å². The number of thiophene rings is 1. The van der Waals surface area contributed by atoms with E-state index in [1.165, 1.54) is 11.3 Å². The second kappa shape index (κ2) is 5.36. The van der Waals surface area contributed by atoms with E-state index in [9.17, 15) is 4.79 Å². The minimum Gasteiger partial charge on any atom is -0.384 e. The van der Waals surface area contributed by atoms with Gasteiger partial charge in [-0.3, -0.25) is 4.79 Å². The molecule has 2 rings (SSSR count). The highest BCUT2D eigenvalue weighted by molar-refractivity contribution is 7.14. The number of carbonyl (C=O) groups excluding carboxylic acids is 1. The lowest BCUT2D eigenvalue weighted by atomic mass is 9.93. The van der Waals surface area contributed by atoms with E-state index in [-0.39, 0.29) is 17.9 Å². The third-order valence-corrected chi connectivity index (χ3v) is 4.51. The van der Waals surface area contributed by atoms with Gasteiger partial charge in [0.1, 0.15) is 6.61 Å². The Kier molecular flexibility index (Phi) is 3.98. The van der Waals surface area contributed by atoms with Crippen LogP contribution < -0.4 is 0 Å². The maximum Gasteiger partial charge on any atom is 0.263 e. The van der Waals surface area contributed by atoms with Crippen molar-refractivity contribution in [1.29, 1.82) is 0 Å². The minimum absolute atomic E-state index is 0.107. The fourth-order valence-electron chi connectivity index (χ4n) is 2.27. The van der Waals surface area contributed by atoms with Crippen molar-refractivity contribution in [2.24, 2.45) is 5.41 Å². The van der Waals surface area contributed by atoms with E-state index in [0.29, 0.717) is 0 Å². The summed E-state index contributed by atoms with van der Waals surface area (Å²) in [5.41, 5.74) is 1.23. The number of aliphatic hydroxyl groups excluding tert-OH is 1. The lowest BCUT2D eigenvalue weighted by Crippen LogP contribution is -2.29. The van der Waals surface area contributed by atoms with Crippen LogP contribution in [0.3, 0.4) is 0 Å². The molecule has 1 aliphatic rings. The van der Waals surface area contributed by atoms with Crippen molar-refractivity contribution in [3.63, 3.8) is 0 Å². The molecule has 0 aliphatic carbocycles. The van der Waals surface area contributed by atoms with Crippen molar-refractivity contribution in [2.45, 2.75) is 27.2 Å². The van der Waals surface area contributed by atoms with Crippen molar-refractivity contribution in [2.75, 3.05) is 19.7 Å². The predicted octanol–water partition coefficient (Wildman–Crippen LogP) is 2.27. The SMILES string of the molecule is Cc1cc(C(=O)N2CCC(C)(C)C2)sc1C#CCO. The van der Waals surface area contributed by atoms with E-state index in [4.69, 9.17) is 5.11 Å². The summed E-state index contributed by atoms with van der Waals surface area (Å²) in [6.07, 6.45) is 1.06. The van der Waals surface area contributed by atoms with Crippen LogP contribution in [0.25, 0.3) is 0 Å². The summed E-state index contributed by atoms with van der Waals surface area (Å²) in [4.78, 5) is 16.0. The van der Waals surface area contributed by atoms with Crippen molar-refractivity contribution >= 4 is 17.2 Å². The Balaban J connectivity index is 2.17. The Labute approximate surface area is 118 Å². The zero-order valence-electron chi connectivity index (χ0n) is 11.6. The zero-order chi connectivity index (χ0) is 14.0. The van der Waals surface area contributed by atoms with Gasteiger partial charge in [-0.15, -0.1) is 11.3 Å². The molecule has 0 unspecified atom stereocenters. The Bertz CT molecular complexity index is 548. The molecule has 4 heteroatoms. The van der Waals surface area contributed by atoms with Crippen LogP contribution in [0.15, 0.2) is 6.07 Å². The van der Waals surface area contributed by atoms with Gasteiger partial charge < -0.3 is 10.0 Å². The molecule has 1 aromatic rings. The molecule has 1 fully saturated rings. The van der Waals surface area contributed by atoms with Gasteiger partial charge in [0.05, 0.1) is 9.75 Å². The van der Waals surface area contributed by atoms with Crippen molar-refractivity contribution < 1.29 is 9.90 Å². The standard InChI is InChI=1S/C15H19NO2S/c1-11-9-13(19-12(11)5-4-8-17)14(18)16-7-6-15(2,3)10-16/h9,17H,6-8,10H2,1-3H3. The number of aliphatic hydroxyl groups is 1. The Hall–Kier alpha value is -1.31. The summed E-state index contributed by atoms with van der Waals surface area (Å²) < 4.78 is 0. The van der Waals surface area contributed by atoms with Gasteiger partial charge in [0.25, 0.3) is 5.91 Å². The van der Waals surface area contributed by atoms with Crippen LogP contribution in [-0.4, -0.2) is 35.6 Å². The number of amides is 1. The smallest absolute Gasteiger partial charge is 0.263 e. The largest absolute Gasteiger partial charge is 0.384 e. The second-order valence-corrected chi connectivity index (χ2v) is 6.78. The normalized spacial score (nSPS) is 17.2. The van der Waals surface area contributed by atoms with Crippen molar-refractivity contribution in [3.8, 4) is 11.8 Å². The lowest BCUT2D eigenvalue weighted by Gasteiger charge is -2.19. The Morgan fingerprint density at radius 3 is 2.89 bits per heavy atom. The number of nitrogens with zero attached hydrogens (tertiary/aromatic N) is 1. The molecule has 19 heavy (non-hydrogen) atoms. The molecule has 1 saturated heterocycles. The monoisotopic (exact) mass is 277 g/mol. The van der Waals surface area contributed by atoms with E-state index < -0.39 is 0 Å². The molecule has 2 heterocycles. The van der Waals surface area contributed by atoms with E-state index in [2.05, 4.69) is 25.7 Å². The number of hydrogen-bond acceptors (Lipinski definition) is 3. The average molecular weight is 277 g/mol. The molecule has 0 spiro atoms. The number of carbonyl (C=O) groups is 1. The molecule has 102 valence electrons. The molecule has 1 amide bonds. The molecular formula is C15H19NO2S. The number of aryl methyl sites for hydroxylation is 1. The number of rotatable bonds is 1. The Morgan fingerprint density at radius 1 is 1.58 bits per heavy atom. The van der Waals surface area contributed by atoms with E-state index in [1.54, 1.807) is 0 Å². The van der Waals surface area contributed by atoms with E-state index in [1.807, 2.05) is 17.9 Å². The molecule has 1 N–H and O–H groups in total. The average Bonchev–Trinajstić information content (AvgIpc) is 2.89. The number of hydrogen-bond donors (Lipinski definition) is 1. The highest BCUT2D eigenvalue weighted by Crippen LogP contribution is 2.31. The molecule has 3 nitrogen and oxygen atoms in total. The van der Waals surface area contributed by atoms with Crippen LogP contribution in [0.5, 0.6) is 0 Å². The van der Waals surface area contributed by atoms with Gasteiger partial charge in [-0.25, -0.2) is 0 Å². The lowest BCUT2D eigenvalue weighted by molar-refractivity contribution is 0.0783. The first-order chi connectivity index (χ1) is 8.93. The molecular weight excluding hydrogens is 258 g/mol. The third kappa shape index (κ3) is 3.17. The van der Waals surface area contributed by atoms with Crippen molar-refractivity contribution in [3.05, 3.63) is 21.4 Å². The van der Waals surface area contributed by atoms with Crippen LogP contribution in [0.1, 0.15) is 40.4 Å². The fourth-order valence-corrected chi connectivity index (χ4v) is 3.29. The van der Waals surface area contributed by atoms with Crippen LogP contribution in [-0.2, 0) is 0 Å². The summed E-state index contributed by atoms with van der Waals surface area (Å²) in [6.45, 7) is 7.83. The zero-order valence-corrected chi connectivity index (χ0v) is 12.4. The second-order valence-electron chi connectivity index (χ2n) is 5.72. The van der Waals surface area contributed by atoms with Gasteiger partial charge in [-0.05, 0) is 30.4 Å². The van der Waals surface area contributed by atoms with Crippen LogP contribution in [0.2, 0.25) is 0 Å². The summed E-state index contributed by atoms with van der Waals surface area (Å²) in [5.74, 6) is 5.63. The summed E-state index contributed by atoms with van der Waals surface area (Å²) in [7, 11) is 0. The van der Waals surface area contributed by atoms with E-state index in [0.717, 1.165) is 34.8 Å². The van der Waals surface area contributed by atoms with Crippen molar-refractivity contribution in [1.82, 2.24) is 4.90 Å². The topological polar surface area (TPSA) is 40.5 Å². The van der Waals surface area contributed by atoms with Crippen LogP contribution in [0, 0.1) is 24.2 Å². The Morgan fingerprint density at radius 2 is 2.32 bits per heavy atom. The first-order valence-corrected chi connectivity index (χ1v) is 7.24. The number of likely N-dealkylation sites (tertiary alicyclic amines) is 1. The predicted molar refractivity (Wildman–Crippen MR) is 77.3 cm³/mol. The highest BCUT2D eigenvalue weighted by Gasteiger charge is 2.33. The van der Waals surface area contributed by atoms with Gasteiger partial charge >= 0.3 is 0 Å². The summed E-state index contributed by atoms with van der Waals surface area (Å²) in [6, 6.07) is 1.90. The molecule has 1 aliphatic heterocycles. The molecule has 0 aromatic carbocycles. The summed E-state index contributed by atoms with van der Waals surface area (Å²) >= 11 is 1.42. The molecule has 0 atom stereocenters. The first-order valence-electron chi connectivity index (χ1n) is 6.42. The van der Waals surface area contributed by atoms with Gasteiger partial charge in [0.15, 0.2) is 0 Å². The third-order valence-electron chi connectivity index (χ3n) is 3.37. The first kappa shape index (κ1) is 14.1. The minimum atomic E-state index is -0.152. The van der Waals surface area contributed by atoms with Gasteiger partial charge in [0.2, 0.25) is 0 Å². The van der Waals surface area contributed by atoms with Crippen LogP contribution in [0.4, 0.5) is 0 Å². The molecule has 0 bridgehead atoms. The highest BCUT2D eigenvalue weighted by atomic mass is 32.1. The maximum absolute atomic E-state index is 12.4. The van der Waals surface area contributed by atoms with E-state index >= 15 is 0 Å². The maximum atomic E-state index is 12.4. The molecule has 1 aromatic heterocycles. The van der Waals surface area contributed by atoms with Gasteiger partial charge in [-0.2, -0.15) is 0 Å². The van der Waals surface area contributed by atoms with Gasteiger partial charge in [-0.1, -0.05) is 25.7 Å². The summed E-state index contributed by atoms with van der Waals surface area (Å²) in [5, 5.41) is 8.72. The fraction of sp³-hybridized carbons (Fsp3) is 0.533.